The number of ether oxygens (including phenoxy) is 1. The van der Waals surface area contributed by atoms with Gasteiger partial charge in [0.05, 0.1) is 0 Å². The molecule has 20 heavy (non-hydrogen) atoms. The van der Waals surface area contributed by atoms with Crippen LogP contribution in [0.15, 0.2) is 29.2 Å². The van der Waals surface area contributed by atoms with Crippen molar-refractivity contribution in [3.63, 3.8) is 0 Å². The van der Waals surface area contributed by atoms with Gasteiger partial charge in [-0.3, -0.25) is 0 Å². The molecule has 0 aromatic heterocycles. The summed E-state index contributed by atoms with van der Waals surface area (Å²) < 4.78 is 42.7. The van der Waals surface area contributed by atoms with Crippen LogP contribution in [0.25, 0.3) is 5.76 Å². The Balaban J connectivity index is 2.20. The van der Waals surface area contributed by atoms with E-state index in [4.69, 9.17) is 16.3 Å². The van der Waals surface area contributed by atoms with Gasteiger partial charge in [0, 0.05) is 0 Å². The minimum absolute atomic E-state index is 0.453. The van der Waals surface area contributed by atoms with Gasteiger partial charge in [-0.2, -0.15) is 0 Å². The predicted molar refractivity (Wildman–Crippen MR) is 63.8 cm³/mol. The zero-order valence-electron chi connectivity index (χ0n) is 10.5. The molecule has 0 aliphatic carbocycles. The summed E-state index contributed by atoms with van der Waals surface area (Å²) in [4.78, 5) is 1.54. The van der Waals surface area contributed by atoms with Gasteiger partial charge in [0.1, 0.15) is 0 Å². The van der Waals surface area contributed by atoms with Crippen molar-refractivity contribution >= 4 is 32.3 Å². The number of hydrogen-bond acceptors (Lipinski definition) is 6. The Hall–Kier alpha value is -0.341. The minimum atomic E-state index is -4.59. The van der Waals surface area contributed by atoms with Crippen LogP contribution >= 0.6 is 11.6 Å². The van der Waals surface area contributed by atoms with Crippen molar-refractivity contribution in [2.24, 2.45) is 0 Å². The zero-order chi connectivity index (χ0) is 15.0. The van der Waals surface area contributed by atoms with E-state index in [1.54, 1.807) is 43.3 Å². The Morgan fingerprint density at radius 2 is 1.85 bits per heavy atom. The molecule has 0 amide bonds. The average Bonchev–Trinajstić information content (AvgIpc) is 2.73. The van der Waals surface area contributed by atoms with Crippen LogP contribution in [0.4, 0.5) is 0 Å². The molecular formula is C11H11Cl2NO5Se. The molecule has 0 radical (unpaired) electrons. The standard InChI is InChI=1S/C11H11Cl2NO5Se/c1-14(2)11(19-13(15,16)17)18-10(7-20-11)8-3-5-9(12)6-4-8/h3-7H,1-2H3. The fourth-order valence-corrected chi connectivity index (χ4v) is 4.42. The topological polar surface area (TPSA) is 90.9 Å². The van der Waals surface area contributed by atoms with E-state index in [0.717, 1.165) is 5.56 Å². The summed E-state index contributed by atoms with van der Waals surface area (Å²) >= 11 is 5.28. The third kappa shape index (κ3) is 3.65. The molecule has 110 valence electrons. The van der Waals surface area contributed by atoms with Gasteiger partial charge < -0.3 is 0 Å². The first kappa shape index (κ1) is 16.0. The molecule has 1 aliphatic heterocycles. The first-order valence-electron chi connectivity index (χ1n) is 5.34. The van der Waals surface area contributed by atoms with Gasteiger partial charge in [0.2, 0.25) is 0 Å². The van der Waals surface area contributed by atoms with Crippen LogP contribution in [0, 0.1) is 10.2 Å². The van der Waals surface area contributed by atoms with E-state index in [9.17, 15) is 14.0 Å². The van der Waals surface area contributed by atoms with Crippen LogP contribution in [0.1, 0.15) is 5.56 Å². The summed E-state index contributed by atoms with van der Waals surface area (Å²) in [5.74, 6) is 0.453. The van der Waals surface area contributed by atoms with E-state index in [0.29, 0.717) is 10.8 Å². The first-order chi connectivity index (χ1) is 9.22. The molecule has 0 saturated heterocycles. The van der Waals surface area contributed by atoms with Crippen LogP contribution in [0.5, 0.6) is 0 Å². The SMILES string of the molecule is CN(C)C1(O[Cl+3]([O-])([O-])[O-])OC(c2ccc(Cl)cc2)=C[Se]1. The van der Waals surface area contributed by atoms with E-state index >= 15 is 0 Å². The van der Waals surface area contributed by atoms with Gasteiger partial charge in [0.25, 0.3) is 0 Å². The molecule has 1 heterocycles. The fraction of sp³-hybridized carbons (Fsp3) is 0.273. The van der Waals surface area contributed by atoms with Crippen molar-refractivity contribution in [1.82, 2.24) is 4.90 Å². The molecular weight excluding hydrogens is 376 g/mol. The summed E-state index contributed by atoms with van der Waals surface area (Å²) in [6, 6.07) is 6.85. The second kappa shape index (κ2) is 5.81. The van der Waals surface area contributed by atoms with E-state index < -0.39 is 30.0 Å². The van der Waals surface area contributed by atoms with Gasteiger partial charge in [0.15, 0.2) is 0 Å². The van der Waals surface area contributed by atoms with Gasteiger partial charge >= 0.3 is 129 Å². The van der Waals surface area contributed by atoms with Crippen molar-refractivity contribution < 1.29 is 33.2 Å². The van der Waals surface area contributed by atoms with E-state index in [-0.39, 0.29) is 0 Å². The summed E-state index contributed by atoms with van der Waals surface area (Å²) in [7, 11) is -1.45. The van der Waals surface area contributed by atoms with Gasteiger partial charge in [-0.1, -0.05) is 0 Å². The summed E-state index contributed by atoms with van der Waals surface area (Å²) in [5, 5.41) is 0.577. The van der Waals surface area contributed by atoms with Gasteiger partial charge in [-0.05, 0) is 0 Å². The molecule has 1 aromatic rings. The average molecular weight is 387 g/mol. The molecule has 9 heteroatoms. The number of halogens is 2. The Morgan fingerprint density at radius 1 is 1.25 bits per heavy atom. The van der Waals surface area contributed by atoms with Crippen LogP contribution in [-0.2, 0) is 9.03 Å². The third-order valence-corrected chi connectivity index (χ3v) is 5.72. The van der Waals surface area contributed by atoms with Crippen LogP contribution < -0.4 is 14.0 Å². The van der Waals surface area contributed by atoms with Gasteiger partial charge in [-0.15, -0.1) is 0 Å². The molecule has 0 spiro atoms. The molecule has 1 unspecified atom stereocenters. The van der Waals surface area contributed by atoms with E-state index in [2.05, 4.69) is 4.29 Å². The monoisotopic (exact) mass is 387 g/mol. The fourth-order valence-electron chi connectivity index (χ4n) is 1.48. The van der Waals surface area contributed by atoms with E-state index in [1.165, 1.54) is 4.90 Å². The Labute approximate surface area is 129 Å². The molecule has 1 aromatic carbocycles. The van der Waals surface area contributed by atoms with Crippen molar-refractivity contribution in [2.45, 2.75) is 4.81 Å². The number of hydrogen-bond donors (Lipinski definition) is 0. The van der Waals surface area contributed by atoms with Crippen LogP contribution in [0.2, 0.25) is 5.02 Å². The van der Waals surface area contributed by atoms with Crippen LogP contribution in [0.3, 0.4) is 0 Å². The molecule has 1 aliphatic rings. The Bertz CT molecular complexity index is 517. The predicted octanol–water partition coefficient (Wildman–Crippen LogP) is -1.54. The maximum atomic E-state index is 10.8. The summed E-state index contributed by atoms with van der Waals surface area (Å²) in [6.07, 6.45) is 0. The molecule has 2 rings (SSSR count). The summed E-state index contributed by atoms with van der Waals surface area (Å²) in [6.45, 7) is 0. The Morgan fingerprint density at radius 3 is 2.35 bits per heavy atom. The number of nitrogens with zero attached hydrogens (tertiary/aromatic N) is 1. The molecule has 0 fully saturated rings. The summed E-state index contributed by atoms with van der Waals surface area (Å²) in [5.41, 5.74) is 0.726. The quantitative estimate of drug-likeness (QED) is 0.460. The molecule has 0 bridgehead atoms. The van der Waals surface area contributed by atoms with Crippen molar-refractivity contribution in [3.05, 3.63) is 39.8 Å². The zero-order valence-corrected chi connectivity index (χ0v) is 13.8. The number of benzene rings is 1. The van der Waals surface area contributed by atoms with Gasteiger partial charge in [-0.25, -0.2) is 0 Å². The Kier molecular flexibility index (Phi) is 4.66. The normalized spacial score (nSPS) is 22.9. The van der Waals surface area contributed by atoms with E-state index in [1.807, 2.05) is 0 Å². The number of rotatable bonds is 4. The molecule has 1 atom stereocenters. The van der Waals surface area contributed by atoms with Crippen molar-refractivity contribution in [3.8, 4) is 0 Å². The third-order valence-electron chi connectivity index (χ3n) is 2.42. The van der Waals surface area contributed by atoms with Crippen molar-refractivity contribution in [2.75, 3.05) is 14.1 Å². The maximum absolute atomic E-state index is 10.8. The second-order valence-electron chi connectivity index (χ2n) is 4.08. The molecule has 0 saturated carbocycles. The second-order valence-corrected chi connectivity index (χ2v) is 7.50. The first-order valence-corrected chi connectivity index (χ1v) is 8.79. The molecule has 6 nitrogen and oxygen atoms in total. The molecule has 0 N–H and O–H groups in total. The van der Waals surface area contributed by atoms with Crippen LogP contribution in [-0.4, -0.2) is 38.8 Å². The van der Waals surface area contributed by atoms with Crippen molar-refractivity contribution in [1.29, 1.82) is 0 Å².